The molecule has 0 spiro atoms. The number of benzene rings is 1. The summed E-state index contributed by atoms with van der Waals surface area (Å²) in [5.41, 5.74) is 1.15. The number of anilines is 1. The molecule has 1 aromatic carbocycles. The summed E-state index contributed by atoms with van der Waals surface area (Å²) in [7, 11) is 0. The highest BCUT2D eigenvalue weighted by atomic mass is 35.5. The molecular weight excluding hydrogens is 302 g/mol. The molecule has 22 heavy (non-hydrogen) atoms. The van der Waals surface area contributed by atoms with Gasteiger partial charge in [-0.3, -0.25) is 0 Å². The lowest BCUT2D eigenvalue weighted by Crippen LogP contribution is -2.44. The molecule has 2 aromatic rings. The van der Waals surface area contributed by atoms with Gasteiger partial charge in [0.25, 0.3) is 0 Å². The van der Waals surface area contributed by atoms with E-state index in [-0.39, 0.29) is 12.1 Å². The number of halogens is 1. The fourth-order valence-electron chi connectivity index (χ4n) is 2.37. The Kier molecular flexibility index (Phi) is 5.21. The first-order chi connectivity index (χ1) is 10.8. The van der Waals surface area contributed by atoms with E-state index in [1.807, 2.05) is 18.2 Å². The summed E-state index contributed by atoms with van der Waals surface area (Å²) in [5.74, 6) is 0.560. The van der Waals surface area contributed by atoms with Crippen LogP contribution in [0, 0.1) is 0 Å². The Morgan fingerprint density at radius 1 is 1.23 bits per heavy atom. The smallest absolute Gasteiger partial charge is 0.222 e. The average molecular weight is 320 g/mol. The van der Waals surface area contributed by atoms with Crippen LogP contribution in [-0.2, 0) is 16.1 Å². The largest absolute Gasteiger partial charge is 0.379 e. The van der Waals surface area contributed by atoms with Gasteiger partial charge < -0.3 is 14.8 Å². The summed E-state index contributed by atoms with van der Waals surface area (Å²) < 4.78 is 11.5. The van der Waals surface area contributed by atoms with Crippen molar-refractivity contribution in [3.05, 3.63) is 53.3 Å². The molecule has 0 aliphatic carbocycles. The lowest BCUT2D eigenvalue weighted by atomic mass is 10.1. The first kappa shape index (κ1) is 15.2. The number of nitrogens with zero attached hydrogens (tertiary/aromatic N) is 2. The molecule has 116 valence electrons. The van der Waals surface area contributed by atoms with E-state index in [0.29, 0.717) is 30.8 Å². The molecular formula is C16H18ClN3O2. The van der Waals surface area contributed by atoms with Crippen LogP contribution in [0.25, 0.3) is 0 Å². The van der Waals surface area contributed by atoms with Crippen molar-refractivity contribution >= 4 is 17.5 Å². The highest BCUT2D eigenvalue weighted by Gasteiger charge is 2.27. The van der Waals surface area contributed by atoms with Crippen molar-refractivity contribution in [3.63, 3.8) is 0 Å². The quantitative estimate of drug-likeness (QED) is 0.918. The van der Waals surface area contributed by atoms with Crippen LogP contribution < -0.4 is 5.32 Å². The lowest BCUT2D eigenvalue weighted by Gasteiger charge is -2.32. The Morgan fingerprint density at radius 3 is 2.77 bits per heavy atom. The van der Waals surface area contributed by atoms with Crippen LogP contribution in [0.3, 0.4) is 0 Å². The van der Waals surface area contributed by atoms with E-state index >= 15 is 0 Å². The topological polar surface area (TPSA) is 56.3 Å². The Bertz CT molecular complexity index is 580. The van der Waals surface area contributed by atoms with Gasteiger partial charge in [-0.1, -0.05) is 41.9 Å². The maximum absolute atomic E-state index is 6.01. The maximum atomic E-state index is 6.01. The maximum Gasteiger partial charge on any atom is 0.222 e. The minimum Gasteiger partial charge on any atom is -0.379 e. The van der Waals surface area contributed by atoms with Gasteiger partial charge in [0.05, 0.1) is 36.7 Å². The molecule has 0 saturated carbocycles. The summed E-state index contributed by atoms with van der Waals surface area (Å²) in [5, 5.41) is 3.83. The Balaban J connectivity index is 1.59. The van der Waals surface area contributed by atoms with Crippen molar-refractivity contribution in [2.45, 2.75) is 25.2 Å². The van der Waals surface area contributed by atoms with Gasteiger partial charge in [-0.25, -0.2) is 9.97 Å². The zero-order valence-corrected chi connectivity index (χ0v) is 12.9. The monoisotopic (exact) mass is 319 g/mol. The number of hydrogen-bond donors (Lipinski definition) is 1. The van der Waals surface area contributed by atoms with E-state index in [4.69, 9.17) is 21.1 Å². The third kappa shape index (κ3) is 4.16. The van der Waals surface area contributed by atoms with Crippen molar-refractivity contribution in [3.8, 4) is 0 Å². The van der Waals surface area contributed by atoms with E-state index in [2.05, 4.69) is 27.4 Å². The molecule has 1 fully saturated rings. The summed E-state index contributed by atoms with van der Waals surface area (Å²) in [6.45, 7) is 1.84. The van der Waals surface area contributed by atoms with Crippen LogP contribution in [0.1, 0.15) is 12.0 Å². The van der Waals surface area contributed by atoms with Crippen molar-refractivity contribution in [2.75, 3.05) is 18.5 Å². The van der Waals surface area contributed by atoms with E-state index in [1.165, 1.54) is 0 Å². The van der Waals surface area contributed by atoms with Crippen LogP contribution in [0.2, 0.25) is 5.02 Å². The molecule has 1 aliphatic rings. The van der Waals surface area contributed by atoms with Gasteiger partial charge in [0.2, 0.25) is 5.95 Å². The standard InChI is InChI=1S/C16H18ClN3O2/c17-13-8-18-16(19-9-13)20-14-6-7-21-11-15(14)22-10-12-4-2-1-3-5-12/h1-5,8-9,14-15H,6-7,10-11H2,(H,18,19,20)/t14-,15-/m1/s1. The first-order valence-electron chi connectivity index (χ1n) is 7.28. The summed E-state index contributed by atoms with van der Waals surface area (Å²) in [6, 6.07) is 10.2. The van der Waals surface area contributed by atoms with Crippen LogP contribution in [-0.4, -0.2) is 35.3 Å². The molecule has 0 unspecified atom stereocenters. The van der Waals surface area contributed by atoms with E-state index in [0.717, 1.165) is 12.0 Å². The fourth-order valence-corrected chi connectivity index (χ4v) is 2.47. The molecule has 0 radical (unpaired) electrons. The van der Waals surface area contributed by atoms with Gasteiger partial charge in [-0.05, 0) is 12.0 Å². The van der Waals surface area contributed by atoms with Gasteiger partial charge in [0, 0.05) is 6.61 Å². The van der Waals surface area contributed by atoms with Crippen molar-refractivity contribution < 1.29 is 9.47 Å². The van der Waals surface area contributed by atoms with Crippen LogP contribution in [0.4, 0.5) is 5.95 Å². The Labute approximate surface area is 134 Å². The molecule has 3 rings (SSSR count). The summed E-state index contributed by atoms with van der Waals surface area (Å²) >= 11 is 5.80. The number of ether oxygens (including phenoxy) is 2. The normalized spacial score (nSPS) is 21.5. The summed E-state index contributed by atoms with van der Waals surface area (Å²) in [4.78, 5) is 8.35. The summed E-state index contributed by atoms with van der Waals surface area (Å²) in [6.07, 6.45) is 3.98. The van der Waals surface area contributed by atoms with Gasteiger partial charge in [0.15, 0.2) is 0 Å². The molecule has 1 aromatic heterocycles. The number of nitrogens with one attached hydrogen (secondary N) is 1. The Morgan fingerprint density at radius 2 is 2.00 bits per heavy atom. The van der Waals surface area contributed by atoms with Crippen molar-refractivity contribution in [1.29, 1.82) is 0 Å². The Hall–Kier alpha value is -1.69. The van der Waals surface area contributed by atoms with Gasteiger partial charge in [-0.15, -0.1) is 0 Å². The van der Waals surface area contributed by atoms with Crippen LogP contribution in [0.15, 0.2) is 42.7 Å². The highest BCUT2D eigenvalue weighted by molar-refractivity contribution is 6.30. The molecule has 2 atom stereocenters. The third-order valence-corrected chi connectivity index (χ3v) is 3.74. The molecule has 0 amide bonds. The highest BCUT2D eigenvalue weighted by Crippen LogP contribution is 2.17. The van der Waals surface area contributed by atoms with E-state index in [1.54, 1.807) is 12.4 Å². The molecule has 1 N–H and O–H groups in total. The lowest BCUT2D eigenvalue weighted by molar-refractivity contribution is -0.0638. The number of hydrogen-bond acceptors (Lipinski definition) is 5. The van der Waals surface area contributed by atoms with Crippen molar-refractivity contribution in [2.24, 2.45) is 0 Å². The van der Waals surface area contributed by atoms with E-state index in [9.17, 15) is 0 Å². The molecule has 1 saturated heterocycles. The molecule has 2 heterocycles. The zero-order valence-electron chi connectivity index (χ0n) is 12.1. The second-order valence-electron chi connectivity index (χ2n) is 5.17. The average Bonchev–Trinajstić information content (AvgIpc) is 2.57. The van der Waals surface area contributed by atoms with Gasteiger partial charge in [0.1, 0.15) is 6.10 Å². The molecule has 0 bridgehead atoms. The first-order valence-corrected chi connectivity index (χ1v) is 7.66. The van der Waals surface area contributed by atoms with Crippen LogP contribution in [0.5, 0.6) is 0 Å². The molecule has 5 nitrogen and oxygen atoms in total. The van der Waals surface area contributed by atoms with E-state index < -0.39 is 0 Å². The molecule has 1 aliphatic heterocycles. The van der Waals surface area contributed by atoms with Crippen LogP contribution >= 0.6 is 11.6 Å². The van der Waals surface area contributed by atoms with Gasteiger partial charge in [-0.2, -0.15) is 0 Å². The predicted octanol–water partition coefficient (Wildman–Crippen LogP) is 2.92. The van der Waals surface area contributed by atoms with Crippen molar-refractivity contribution in [1.82, 2.24) is 9.97 Å². The zero-order chi connectivity index (χ0) is 15.2. The number of rotatable bonds is 5. The SMILES string of the molecule is Clc1cnc(N[C@@H]2CCOC[C@H]2OCc2ccccc2)nc1. The molecule has 6 heteroatoms. The minimum absolute atomic E-state index is 0.0340. The van der Waals surface area contributed by atoms with Gasteiger partial charge >= 0.3 is 0 Å². The fraction of sp³-hybridized carbons (Fsp3) is 0.375. The minimum atomic E-state index is -0.0340. The second kappa shape index (κ2) is 7.54. The third-order valence-electron chi connectivity index (χ3n) is 3.55. The number of aromatic nitrogens is 2. The predicted molar refractivity (Wildman–Crippen MR) is 84.9 cm³/mol. The second-order valence-corrected chi connectivity index (χ2v) is 5.61.